The highest BCUT2D eigenvalue weighted by molar-refractivity contribution is 6.31. The van der Waals surface area contributed by atoms with Crippen molar-refractivity contribution in [3.63, 3.8) is 0 Å². The van der Waals surface area contributed by atoms with Gasteiger partial charge in [-0.25, -0.2) is 4.98 Å². The first-order chi connectivity index (χ1) is 13.8. The first kappa shape index (κ1) is 22.0. The molecule has 0 aliphatic heterocycles. The number of nitrogens with zero attached hydrogens (tertiary/aromatic N) is 2. The Balaban J connectivity index is 2.08. The molecule has 0 spiro atoms. The Bertz CT molecular complexity index is 1090. The molecule has 0 saturated carbocycles. The number of carbonyl (C=O) groups is 1. The maximum Gasteiger partial charge on any atom is 0.405 e. The van der Waals surface area contributed by atoms with Crippen molar-refractivity contribution >= 4 is 28.5 Å². The standard InChI is InChI=1S/C19H19ClF3N5O2/c1-17(2,30)19(24,16(29)28-9-18(21,22)23)11-3-10(5-25-6-11)14-8-27-15-13(14)4-12(20)7-26-15/h3-8,30H,9,24H2,1-2H3,(H,26,27)(H,28,29)/t19-/m0/s1. The van der Waals surface area contributed by atoms with Gasteiger partial charge in [0.25, 0.3) is 0 Å². The SMILES string of the molecule is CC(C)(O)[C@@](N)(C(=O)NCC(F)(F)F)c1cncc(-c2c[nH]c3ncc(Cl)cc23)c1. The van der Waals surface area contributed by atoms with Gasteiger partial charge in [0.1, 0.15) is 12.2 Å². The topological polar surface area (TPSA) is 117 Å². The quantitative estimate of drug-likeness (QED) is 0.485. The highest BCUT2D eigenvalue weighted by atomic mass is 35.5. The molecule has 3 aromatic heterocycles. The van der Waals surface area contributed by atoms with E-state index in [-0.39, 0.29) is 5.56 Å². The van der Waals surface area contributed by atoms with Crippen molar-refractivity contribution in [3.8, 4) is 11.1 Å². The number of aliphatic hydroxyl groups is 1. The fourth-order valence-corrected chi connectivity index (χ4v) is 3.26. The molecule has 0 radical (unpaired) electrons. The van der Waals surface area contributed by atoms with Crippen LogP contribution in [0.5, 0.6) is 0 Å². The summed E-state index contributed by atoms with van der Waals surface area (Å²) >= 11 is 6.02. The van der Waals surface area contributed by atoms with Crippen LogP contribution >= 0.6 is 11.6 Å². The molecular formula is C19H19ClF3N5O2. The zero-order chi connectivity index (χ0) is 22.3. The lowest BCUT2D eigenvalue weighted by Gasteiger charge is -2.39. The van der Waals surface area contributed by atoms with Gasteiger partial charge in [-0.2, -0.15) is 13.2 Å². The molecular weight excluding hydrogens is 423 g/mol. The molecule has 3 heterocycles. The largest absolute Gasteiger partial charge is 0.405 e. The minimum absolute atomic E-state index is 0.0384. The summed E-state index contributed by atoms with van der Waals surface area (Å²) in [5.74, 6) is -1.19. The minimum Gasteiger partial charge on any atom is -0.388 e. The molecule has 3 aromatic rings. The first-order valence-corrected chi connectivity index (χ1v) is 9.15. The van der Waals surface area contributed by atoms with Gasteiger partial charge >= 0.3 is 6.18 Å². The van der Waals surface area contributed by atoms with E-state index in [1.807, 2.05) is 0 Å². The molecule has 5 N–H and O–H groups in total. The Labute approximate surface area is 174 Å². The molecule has 0 bridgehead atoms. The van der Waals surface area contributed by atoms with E-state index in [4.69, 9.17) is 17.3 Å². The number of amides is 1. The van der Waals surface area contributed by atoms with Gasteiger partial charge in [-0.15, -0.1) is 0 Å². The molecule has 7 nitrogen and oxygen atoms in total. The van der Waals surface area contributed by atoms with Gasteiger partial charge in [0, 0.05) is 46.9 Å². The molecule has 0 fully saturated rings. The van der Waals surface area contributed by atoms with Crippen LogP contribution in [0.1, 0.15) is 19.4 Å². The summed E-state index contributed by atoms with van der Waals surface area (Å²) < 4.78 is 37.8. The second-order valence-electron chi connectivity index (χ2n) is 7.38. The Morgan fingerprint density at radius 3 is 2.60 bits per heavy atom. The van der Waals surface area contributed by atoms with E-state index in [0.717, 1.165) is 0 Å². The molecule has 1 atom stereocenters. The lowest BCUT2D eigenvalue weighted by molar-refractivity contribution is -0.148. The Kier molecular flexibility index (Phi) is 5.52. The average Bonchev–Trinajstić information content (AvgIpc) is 3.07. The van der Waals surface area contributed by atoms with E-state index < -0.39 is 29.8 Å². The molecule has 3 rings (SSSR count). The van der Waals surface area contributed by atoms with Gasteiger partial charge < -0.3 is 21.1 Å². The summed E-state index contributed by atoms with van der Waals surface area (Å²) in [4.78, 5) is 23.9. The molecule has 160 valence electrons. The van der Waals surface area contributed by atoms with Crippen LogP contribution in [0.3, 0.4) is 0 Å². The van der Waals surface area contributed by atoms with Crippen LogP contribution in [0, 0.1) is 0 Å². The summed E-state index contributed by atoms with van der Waals surface area (Å²) in [6, 6.07) is 3.17. The molecule has 1 amide bonds. The number of aromatic nitrogens is 3. The molecule has 0 aliphatic rings. The van der Waals surface area contributed by atoms with Crippen molar-refractivity contribution < 1.29 is 23.1 Å². The molecule has 0 unspecified atom stereocenters. The van der Waals surface area contributed by atoms with Gasteiger partial charge in [0.15, 0.2) is 5.54 Å². The predicted molar refractivity (Wildman–Crippen MR) is 106 cm³/mol. The average molecular weight is 442 g/mol. The number of nitrogens with two attached hydrogens (primary N) is 1. The Hall–Kier alpha value is -2.69. The zero-order valence-corrected chi connectivity index (χ0v) is 16.8. The van der Waals surface area contributed by atoms with Crippen molar-refractivity contribution in [1.82, 2.24) is 20.3 Å². The van der Waals surface area contributed by atoms with Crippen molar-refractivity contribution in [3.05, 3.63) is 47.5 Å². The molecule has 0 aliphatic carbocycles. The number of nitrogens with one attached hydrogen (secondary N) is 2. The Morgan fingerprint density at radius 1 is 1.27 bits per heavy atom. The van der Waals surface area contributed by atoms with Crippen LogP contribution in [0.15, 0.2) is 36.9 Å². The molecule has 30 heavy (non-hydrogen) atoms. The lowest BCUT2D eigenvalue weighted by atomic mass is 9.76. The van der Waals surface area contributed by atoms with Crippen molar-refractivity contribution in [2.75, 3.05) is 6.54 Å². The van der Waals surface area contributed by atoms with E-state index in [0.29, 0.717) is 27.2 Å². The number of aromatic amines is 1. The van der Waals surface area contributed by atoms with Crippen LogP contribution < -0.4 is 11.1 Å². The summed E-state index contributed by atoms with van der Waals surface area (Å²) in [5, 5.41) is 13.4. The maximum atomic E-state index is 12.7. The number of fused-ring (bicyclic) bond motifs is 1. The number of hydrogen-bond donors (Lipinski definition) is 4. The van der Waals surface area contributed by atoms with Crippen LogP contribution in [0.4, 0.5) is 13.2 Å². The summed E-state index contributed by atoms with van der Waals surface area (Å²) in [6.07, 6.45) is 1.22. The fraction of sp³-hybridized carbons (Fsp3) is 0.316. The number of halogens is 4. The Morgan fingerprint density at radius 2 is 1.97 bits per heavy atom. The van der Waals surface area contributed by atoms with Crippen LogP contribution in [-0.2, 0) is 10.3 Å². The third kappa shape index (κ3) is 4.11. The van der Waals surface area contributed by atoms with Crippen molar-refractivity contribution in [1.29, 1.82) is 0 Å². The van der Waals surface area contributed by atoms with Crippen molar-refractivity contribution in [2.45, 2.75) is 31.2 Å². The van der Waals surface area contributed by atoms with E-state index in [1.165, 1.54) is 38.5 Å². The first-order valence-electron chi connectivity index (χ1n) is 8.78. The number of pyridine rings is 2. The number of carbonyl (C=O) groups excluding carboxylic acids is 1. The second kappa shape index (κ2) is 7.53. The smallest absolute Gasteiger partial charge is 0.388 e. The van der Waals surface area contributed by atoms with Crippen molar-refractivity contribution in [2.24, 2.45) is 5.73 Å². The van der Waals surface area contributed by atoms with Gasteiger partial charge in [0.2, 0.25) is 5.91 Å². The van der Waals surface area contributed by atoms with Crippen LogP contribution in [-0.4, -0.2) is 44.3 Å². The third-order valence-corrected chi connectivity index (χ3v) is 4.98. The molecule has 0 saturated heterocycles. The monoisotopic (exact) mass is 441 g/mol. The summed E-state index contributed by atoms with van der Waals surface area (Å²) in [6.45, 7) is 0.894. The van der Waals surface area contributed by atoms with Gasteiger partial charge in [0.05, 0.1) is 10.6 Å². The van der Waals surface area contributed by atoms with E-state index in [2.05, 4.69) is 15.0 Å². The van der Waals surface area contributed by atoms with Crippen LogP contribution in [0.2, 0.25) is 5.02 Å². The normalized spacial score (nSPS) is 14.5. The number of alkyl halides is 3. The zero-order valence-electron chi connectivity index (χ0n) is 16.0. The maximum absolute atomic E-state index is 12.7. The van der Waals surface area contributed by atoms with E-state index in [1.54, 1.807) is 17.6 Å². The summed E-state index contributed by atoms with van der Waals surface area (Å²) in [7, 11) is 0. The lowest BCUT2D eigenvalue weighted by Crippen LogP contribution is -2.64. The number of rotatable bonds is 5. The number of hydrogen-bond acceptors (Lipinski definition) is 5. The van der Waals surface area contributed by atoms with Gasteiger partial charge in [-0.1, -0.05) is 11.6 Å². The number of H-pyrrole nitrogens is 1. The highest BCUT2D eigenvalue weighted by Gasteiger charge is 2.49. The van der Waals surface area contributed by atoms with E-state index >= 15 is 0 Å². The van der Waals surface area contributed by atoms with Crippen LogP contribution in [0.25, 0.3) is 22.2 Å². The molecule has 11 heteroatoms. The second-order valence-corrected chi connectivity index (χ2v) is 7.82. The third-order valence-electron chi connectivity index (χ3n) is 4.77. The predicted octanol–water partition coefficient (Wildman–Crippen LogP) is 2.88. The minimum atomic E-state index is -4.63. The summed E-state index contributed by atoms with van der Waals surface area (Å²) in [5.41, 5.74) is 3.85. The fourth-order valence-electron chi connectivity index (χ4n) is 3.10. The highest BCUT2D eigenvalue weighted by Crippen LogP contribution is 2.35. The van der Waals surface area contributed by atoms with E-state index in [9.17, 15) is 23.1 Å². The molecule has 0 aromatic carbocycles. The van der Waals surface area contributed by atoms with Gasteiger partial charge in [-0.05, 0) is 26.0 Å². The van der Waals surface area contributed by atoms with Gasteiger partial charge in [-0.3, -0.25) is 9.78 Å².